The van der Waals surface area contributed by atoms with Gasteiger partial charge in [-0.3, -0.25) is 0 Å². The van der Waals surface area contributed by atoms with E-state index in [-0.39, 0.29) is 0 Å². The lowest BCUT2D eigenvalue weighted by atomic mass is 10.0. The number of aliphatic hydroxyl groups is 1. The maximum Gasteiger partial charge on any atom is 0.0471 e. The van der Waals surface area contributed by atoms with Crippen LogP contribution in [0.15, 0.2) is 0 Å². The number of nitrogens with zero attached hydrogens (tertiary/aromatic N) is 1. The SMILES string of the molecule is CCCCC(CCC)N1CCC(CO)C1. The van der Waals surface area contributed by atoms with Gasteiger partial charge in [0.1, 0.15) is 0 Å². The first-order chi connectivity index (χ1) is 7.31. The maximum atomic E-state index is 9.14. The van der Waals surface area contributed by atoms with E-state index in [1.165, 1.54) is 45.1 Å². The second kappa shape index (κ2) is 7.24. The second-order valence-corrected chi connectivity index (χ2v) is 4.92. The number of unbranched alkanes of at least 4 members (excludes halogenated alkanes) is 1. The predicted octanol–water partition coefficient (Wildman–Crippen LogP) is 2.66. The van der Waals surface area contributed by atoms with Gasteiger partial charge in [-0.1, -0.05) is 33.1 Å². The Morgan fingerprint density at radius 2 is 2.07 bits per heavy atom. The van der Waals surface area contributed by atoms with Gasteiger partial charge in [0.2, 0.25) is 0 Å². The molecule has 1 rings (SSSR count). The van der Waals surface area contributed by atoms with Gasteiger partial charge in [0.05, 0.1) is 0 Å². The summed E-state index contributed by atoms with van der Waals surface area (Å²) >= 11 is 0. The molecule has 2 nitrogen and oxygen atoms in total. The third-order valence-electron chi connectivity index (χ3n) is 3.60. The van der Waals surface area contributed by atoms with E-state index in [1.807, 2.05) is 0 Å². The largest absolute Gasteiger partial charge is 0.396 e. The zero-order valence-electron chi connectivity index (χ0n) is 10.4. The molecule has 0 radical (unpaired) electrons. The quantitative estimate of drug-likeness (QED) is 0.703. The van der Waals surface area contributed by atoms with Crippen LogP contribution in [-0.4, -0.2) is 35.7 Å². The molecule has 1 saturated heterocycles. The molecule has 1 aliphatic heterocycles. The van der Waals surface area contributed by atoms with Crippen molar-refractivity contribution in [2.75, 3.05) is 19.7 Å². The van der Waals surface area contributed by atoms with E-state index in [0.717, 1.165) is 12.6 Å². The molecule has 2 unspecified atom stereocenters. The van der Waals surface area contributed by atoms with Crippen molar-refractivity contribution in [2.45, 2.75) is 58.4 Å². The minimum absolute atomic E-state index is 0.378. The molecule has 2 heteroatoms. The summed E-state index contributed by atoms with van der Waals surface area (Å²) < 4.78 is 0. The van der Waals surface area contributed by atoms with Crippen molar-refractivity contribution in [2.24, 2.45) is 5.92 Å². The highest BCUT2D eigenvalue weighted by molar-refractivity contribution is 4.81. The van der Waals surface area contributed by atoms with E-state index in [2.05, 4.69) is 18.7 Å². The summed E-state index contributed by atoms with van der Waals surface area (Å²) in [6.45, 7) is 7.26. The standard InChI is InChI=1S/C13H27NO/c1-3-5-7-13(6-4-2)14-9-8-12(10-14)11-15/h12-13,15H,3-11H2,1-2H3. The zero-order chi connectivity index (χ0) is 11.1. The zero-order valence-corrected chi connectivity index (χ0v) is 10.4. The average Bonchev–Trinajstić information content (AvgIpc) is 2.72. The highest BCUT2D eigenvalue weighted by Crippen LogP contribution is 2.23. The van der Waals surface area contributed by atoms with Gasteiger partial charge < -0.3 is 10.0 Å². The van der Waals surface area contributed by atoms with Crippen LogP contribution in [0.3, 0.4) is 0 Å². The number of rotatable bonds is 7. The molecule has 0 aromatic carbocycles. The fraction of sp³-hybridized carbons (Fsp3) is 1.00. The minimum atomic E-state index is 0.378. The van der Waals surface area contributed by atoms with Crippen LogP contribution in [0.1, 0.15) is 52.4 Å². The van der Waals surface area contributed by atoms with Gasteiger partial charge in [-0.2, -0.15) is 0 Å². The summed E-state index contributed by atoms with van der Waals surface area (Å²) in [7, 11) is 0. The lowest BCUT2D eigenvalue weighted by Gasteiger charge is -2.27. The first-order valence-corrected chi connectivity index (χ1v) is 6.66. The third kappa shape index (κ3) is 4.12. The molecule has 1 N–H and O–H groups in total. The molecule has 1 fully saturated rings. The Bertz CT molecular complexity index is 161. The molecular weight excluding hydrogens is 186 g/mol. The van der Waals surface area contributed by atoms with Gasteiger partial charge in [0, 0.05) is 19.2 Å². The highest BCUT2D eigenvalue weighted by atomic mass is 16.3. The lowest BCUT2D eigenvalue weighted by Crippen LogP contribution is -2.33. The van der Waals surface area contributed by atoms with Gasteiger partial charge in [-0.05, 0) is 31.7 Å². The maximum absolute atomic E-state index is 9.14. The van der Waals surface area contributed by atoms with Crippen LogP contribution in [0.2, 0.25) is 0 Å². The first kappa shape index (κ1) is 13.0. The Morgan fingerprint density at radius 3 is 2.60 bits per heavy atom. The summed E-state index contributed by atoms with van der Waals surface area (Å²) in [6, 6.07) is 0.784. The van der Waals surface area contributed by atoms with E-state index in [1.54, 1.807) is 0 Å². The van der Waals surface area contributed by atoms with Crippen LogP contribution in [0.4, 0.5) is 0 Å². The molecule has 0 amide bonds. The average molecular weight is 213 g/mol. The van der Waals surface area contributed by atoms with Crippen LogP contribution < -0.4 is 0 Å². The number of hydrogen-bond donors (Lipinski definition) is 1. The van der Waals surface area contributed by atoms with Crippen LogP contribution >= 0.6 is 0 Å². The van der Waals surface area contributed by atoms with E-state index in [9.17, 15) is 0 Å². The van der Waals surface area contributed by atoms with Crippen molar-refractivity contribution in [3.8, 4) is 0 Å². The van der Waals surface area contributed by atoms with Crippen LogP contribution in [0.5, 0.6) is 0 Å². The van der Waals surface area contributed by atoms with Crippen molar-refractivity contribution in [1.82, 2.24) is 4.90 Å². The molecule has 2 atom stereocenters. The Labute approximate surface area is 94.7 Å². The van der Waals surface area contributed by atoms with Crippen molar-refractivity contribution in [1.29, 1.82) is 0 Å². The molecule has 0 aliphatic carbocycles. The van der Waals surface area contributed by atoms with Crippen molar-refractivity contribution >= 4 is 0 Å². The van der Waals surface area contributed by atoms with Crippen molar-refractivity contribution in [3.05, 3.63) is 0 Å². The van der Waals surface area contributed by atoms with Crippen LogP contribution in [-0.2, 0) is 0 Å². The Balaban J connectivity index is 2.34. The van der Waals surface area contributed by atoms with Crippen LogP contribution in [0, 0.1) is 5.92 Å². The van der Waals surface area contributed by atoms with E-state index in [0.29, 0.717) is 12.5 Å². The van der Waals surface area contributed by atoms with E-state index in [4.69, 9.17) is 5.11 Å². The topological polar surface area (TPSA) is 23.5 Å². The Kier molecular flexibility index (Phi) is 6.26. The normalized spacial score (nSPS) is 24.6. The minimum Gasteiger partial charge on any atom is -0.396 e. The summed E-state index contributed by atoms with van der Waals surface area (Å²) in [5, 5.41) is 9.14. The molecule has 0 spiro atoms. The van der Waals surface area contributed by atoms with Gasteiger partial charge in [-0.15, -0.1) is 0 Å². The molecule has 1 aliphatic rings. The molecular formula is C13H27NO. The predicted molar refractivity (Wildman–Crippen MR) is 65.0 cm³/mol. The number of hydrogen-bond acceptors (Lipinski definition) is 2. The van der Waals surface area contributed by atoms with Gasteiger partial charge >= 0.3 is 0 Å². The number of likely N-dealkylation sites (tertiary alicyclic amines) is 1. The Hall–Kier alpha value is -0.0800. The summed E-state index contributed by atoms with van der Waals surface area (Å²) in [5.74, 6) is 0.547. The summed E-state index contributed by atoms with van der Waals surface area (Å²) in [6.07, 6.45) is 7.82. The van der Waals surface area contributed by atoms with Crippen molar-refractivity contribution in [3.63, 3.8) is 0 Å². The fourth-order valence-corrected chi connectivity index (χ4v) is 2.63. The smallest absolute Gasteiger partial charge is 0.0471 e. The molecule has 15 heavy (non-hydrogen) atoms. The second-order valence-electron chi connectivity index (χ2n) is 4.92. The molecule has 90 valence electrons. The molecule has 0 bridgehead atoms. The molecule has 0 aromatic heterocycles. The van der Waals surface area contributed by atoms with Crippen molar-refractivity contribution < 1.29 is 5.11 Å². The Morgan fingerprint density at radius 1 is 1.27 bits per heavy atom. The van der Waals surface area contributed by atoms with E-state index >= 15 is 0 Å². The fourth-order valence-electron chi connectivity index (χ4n) is 2.63. The lowest BCUT2D eigenvalue weighted by molar-refractivity contribution is 0.183. The summed E-state index contributed by atoms with van der Waals surface area (Å²) in [4.78, 5) is 2.61. The molecule has 1 heterocycles. The monoisotopic (exact) mass is 213 g/mol. The number of aliphatic hydroxyl groups excluding tert-OH is 1. The third-order valence-corrected chi connectivity index (χ3v) is 3.60. The first-order valence-electron chi connectivity index (χ1n) is 6.66. The van der Waals surface area contributed by atoms with Gasteiger partial charge in [-0.25, -0.2) is 0 Å². The highest BCUT2D eigenvalue weighted by Gasteiger charge is 2.26. The van der Waals surface area contributed by atoms with E-state index < -0.39 is 0 Å². The summed E-state index contributed by atoms with van der Waals surface area (Å²) in [5.41, 5.74) is 0. The van der Waals surface area contributed by atoms with Gasteiger partial charge in [0.25, 0.3) is 0 Å². The molecule has 0 saturated carbocycles. The van der Waals surface area contributed by atoms with Gasteiger partial charge in [0.15, 0.2) is 0 Å². The molecule has 0 aromatic rings. The van der Waals surface area contributed by atoms with Crippen LogP contribution in [0.25, 0.3) is 0 Å².